The molecule has 1 amide bonds. The molecule has 0 bridgehead atoms. The van der Waals surface area contributed by atoms with Gasteiger partial charge in [0.1, 0.15) is 11.4 Å². The first kappa shape index (κ1) is 16.3. The summed E-state index contributed by atoms with van der Waals surface area (Å²) >= 11 is 0. The van der Waals surface area contributed by atoms with Gasteiger partial charge in [0, 0.05) is 19.6 Å². The van der Waals surface area contributed by atoms with E-state index in [4.69, 9.17) is 10.5 Å². The van der Waals surface area contributed by atoms with Crippen molar-refractivity contribution in [3.05, 3.63) is 12.1 Å². The smallest absolute Gasteiger partial charge is 0.410 e. The fraction of sp³-hybridized carbons (Fsp3) is 0.667. The van der Waals surface area contributed by atoms with Gasteiger partial charge in [0.25, 0.3) is 0 Å². The molecule has 0 spiro atoms. The third kappa shape index (κ3) is 3.78. The van der Waals surface area contributed by atoms with Crippen LogP contribution in [0.2, 0.25) is 0 Å². The van der Waals surface area contributed by atoms with Crippen molar-refractivity contribution in [3.63, 3.8) is 0 Å². The van der Waals surface area contributed by atoms with Crippen molar-refractivity contribution in [3.8, 4) is 0 Å². The third-order valence-corrected chi connectivity index (χ3v) is 3.51. The molecule has 7 heteroatoms. The van der Waals surface area contributed by atoms with E-state index < -0.39 is 5.60 Å². The molecule has 0 radical (unpaired) electrons. The number of carbonyl (C=O) groups excluding carboxylic acids is 1. The van der Waals surface area contributed by atoms with Crippen LogP contribution in [-0.4, -0.2) is 52.0 Å². The zero-order valence-electron chi connectivity index (χ0n) is 14.0. The van der Waals surface area contributed by atoms with Gasteiger partial charge in [0.15, 0.2) is 5.82 Å². The molecule has 122 valence electrons. The van der Waals surface area contributed by atoms with E-state index in [0.717, 1.165) is 5.82 Å². The number of piperazine rings is 1. The van der Waals surface area contributed by atoms with Gasteiger partial charge in [-0.2, -0.15) is 0 Å². The van der Waals surface area contributed by atoms with Gasteiger partial charge in [0.2, 0.25) is 0 Å². The minimum atomic E-state index is -0.493. The first-order chi connectivity index (χ1) is 10.1. The number of nitrogen functional groups attached to an aromatic ring is 1. The number of aromatic nitrogens is 2. The van der Waals surface area contributed by atoms with Crippen LogP contribution in [0.4, 0.5) is 16.4 Å². The molecule has 1 aliphatic heterocycles. The van der Waals surface area contributed by atoms with Crippen LogP contribution in [0.15, 0.2) is 12.1 Å². The maximum Gasteiger partial charge on any atom is 0.410 e. The van der Waals surface area contributed by atoms with E-state index in [-0.39, 0.29) is 11.6 Å². The quantitative estimate of drug-likeness (QED) is 0.853. The fourth-order valence-corrected chi connectivity index (χ4v) is 2.51. The van der Waals surface area contributed by atoms with Crippen LogP contribution in [0.25, 0.3) is 0 Å². The van der Waals surface area contributed by atoms with E-state index in [1.54, 1.807) is 11.0 Å². The van der Waals surface area contributed by atoms with E-state index in [0.29, 0.717) is 25.5 Å². The number of amides is 1. The van der Waals surface area contributed by atoms with Crippen molar-refractivity contribution in [1.29, 1.82) is 0 Å². The highest BCUT2D eigenvalue weighted by Gasteiger charge is 2.39. The highest BCUT2D eigenvalue weighted by Crippen LogP contribution is 2.26. The molecule has 0 saturated carbocycles. The number of anilines is 2. The summed E-state index contributed by atoms with van der Waals surface area (Å²) in [6.45, 7) is 11.6. The van der Waals surface area contributed by atoms with Gasteiger partial charge < -0.3 is 15.4 Å². The average molecular weight is 307 g/mol. The predicted molar refractivity (Wildman–Crippen MR) is 85.7 cm³/mol. The second-order valence-corrected chi connectivity index (χ2v) is 7.18. The minimum absolute atomic E-state index is 0.277. The van der Waals surface area contributed by atoms with Crippen LogP contribution in [0.5, 0.6) is 0 Å². The Morgan fingerprint density at radius 2 is 1.95 bits per heavy atom. The summed E-state index contributed by atoms with van der Waals surface area (Å²) in [6.07, 6.45) is -0.277. The Balaban J connectivity index is 2.09. The maximum atomic E-state index is 12.4. The molecule has 1 aliphatic rings. The summed E-state index contributed by atoms with van der Waals surface area (Å²) < 4.78 is 5.49. The summed E-state index contributed by atoms with van der Waals surface area (Å²) in [6, 6.07) is 3.58. The summed E-state index contributed by atoms with van der Waals surface area (Å²) in [5, 5.41) is 8.00. The van der Waals surface area contributed by atoms with Gasteiger partial charge in [-0.25, -0.2) is 4.79 Å². The molecule has 1 aromatic rings. The van der Waals surface area contributed by atoms with Gasteiger partial charge >= 0.3 is 6.09 Å². The van der Waals surface area contributed by atoms with Gasteiger partial charge in [-0.15, -0.1) is 10.2 Å². The lowest BCUT2D eigenvalue weighted by Crippen LogP contribution is -2.62. The van der Waals surface area contributed by atoms with Gasteiger partial charge in [-0.3, -0.25) is 4.90 Å². The Labute approximate surface area is 131 Å². The summed E-state index contributed by atoms with van der Waals surface area (Å²) in [7, 11) is 0. The Morgan fingerprint density at radius 3 is 2.45 bits per heavy atom. The average Bonchev–Trinajstić information content (AvgIpc) is 2.36. The predicted octanol–water partition coefficient (Wildman–Crippen LogP) is 1.89. The van der Waals surface area contributed by atoms with Crippen LogP contribution >= 0.6 is 0 Å². The number of nitrogens with two attached hydrogens (primary N) is 1. The van der Waals surface area contributed by atoms with Crippen molar-refractivity contribution in [2.24, 2.45) is 0 Å². The van der Waals surface area contributed by atoms with Crippen molar-refractivity contribution in [2.75, 3.05) is 30.3 Å². The third-order valence-electron chi connectivity index (χ3n) is 3.51. The molecule has 1 fully saturated rings. The lowest BCUT2D eigenvalue weighted by Gasteiger charge is -2.47. The fourth-order valence-electron chi connectivity index (χ4n) is 2.51. The van der Waals surface area contributed by atoms with Crippen LogP contribution < -0.4 is 10.6 Å². The van der Waals surface area contributed by atoms with E-state index in [9.17, 15) is 4.79 Å². The molecule has 0 aliphatic carbocycles. The second-order valence-electron chi connectivity index (χ2n) is 7.18. The first-order valence-corrected chi connectivity index (χ1v) is 7.43. The van der Waals surface area contributed by atoms with E-state index >= 15 is 0 Å². The highest BCUT2D eigenvalue weighted by molar-refractivity contribution is 5.70. The lowest BCUT2D eigenvalue weighted by atomic mass is 9.99. The van der Waals surface area contributed by atoms with E-state index in [1.807, 2.05) is 40.7 Å². The normalized spacial score (nSPS) is 18.2. The monoisotopic (exact) mass is 307 g/mol. The molecule has 0 aromatic carbocycles. The second kappa shape index (κ2) is 5.62. The lowest BCUT2D eigenvalue weighted by molar-refractivity contribution is 0.000306. The van der Waals surface area contributed by atoms with Crippen LogP contribution in [0.3, 0.4) is 0 Å². The van der Waals surface area contributed by atoms with Crippen molar-refractivity contribution in [2.45, 2.75) is 45.8 Å². The molecular weight excluding hydrogens is 282 g/mol. The van der Waals surface area contributed by atoms with Gasteiger partial charge in [-0.05, 0) is 46.8 Å². The van der Waals surface area contributed by atoms with Crippen molar-refractivity contribution in [1.82, 2.24) is 15.1 Å². The number of rotatable bonds is 1. The topological polar surface area (TPSA) is 84.6 Å². The Morgan fingerprint density at radius 1 is 1.27 bits per heavy atom. The van der Waals surface area contributed by atoms with Crippen molar-refractivity contribution < 1.29 is 9.53 Å². The molecule has 22 heavy (non-hydrogen) atoms. The molecule has 2 rings (SSSR count). The van der Waals surface area contributed by atoms with Gasteiger partial charge in [0.05, 0.1) is 5.54 Å². The van der Waals surface area contributed by atoms with E-state index in [1.165, 1.54) is 0 Å². The first-order valence-electron chi connectivity index (χ1n) is 7.43. The molecule has 2 heterocycles. The van der Waals surface area contributed by atoms with Crippen LogP contribution in [0.1, 0.15) is 34.6 Å². The number of nitrogens with zero attached hydrogens (tertiary/aromatic N) is 4. The maximum absolute atomic E-state index is 12.4. The molecule has 7 nitrogen and oxygen atoms in total. The number of ether oxygens (including phenoxy) is 1. The molecule has 0 atom stereocenters. The Bertz CT molecular complexity index is 536. The Hall–Kier alpha value is -2.05. The molecule has 1 aromatic heterocycles. The van der Waals surface area contributed by atoms with Crippen LogP contribution in [-0.2, 0) is 4.74 Å². The molecule has 1 saturated heterocycles. The Kier molecular flexibility index (Phi) is 4.17. The number of hydrogen-bond donors (Lipinski definition) is 1. The van der Waals surface area contributed by atoms with Crippen LogP contribution in [0, 0.1) is 0 Å². The molecule has 0 unspecified atom stereocenters. The number of carbonyl (C=O) groups is 1. The largest absolute Gasteiger partial charge is 0.444 e. The highest BCUT2D eigenvalue weighted by atomic mass is 16.6. The zero-order chi connectivity index (χ0) is 16.5. The molecule has 2 N–H and O–H groups in total. The van der Waals surface area contributed by atoms with Gasteiger partial charge in [-0.1, -0.05) is 0 Å². The SMILES string of the molecule is CC(C)(C)OC(=O)N1CCN(c2ccc(N)nn2)CC1(C)C. The van der Waals surface area contributed by atoms with Crippen molar-refractivity contribution >= 4 is 17.7 Å². The summed E-state index contributed by atoms with van der Waals surface area (Å²) in [5.74, 6) is 1.17. The minimum Gasteiger partial charge on any atom is -0.444 e. The molecular formula is C15H25N5O2. The summed E-state index contributed by atoms with van der Waals surface area (Å²) in [5.41, 5.74) is 4.72. The zero-order valence-corrected chi connectivity index (χ0v) is 14.0. The number of hydrogen-bond acceptors (Lipinski definition) is 6. The summed E-state index contributed by atoms with van der Waals surface area (Å²) in [4.78, 5) is 16.2. The standard InChI is InChI=1S/C15H25N5O2/c1-14(2,3)22-13(21)20-9-8-19(10-15(20,4)5)12-7-6-11(16)17-18-12/h6-7H,8-10H2,1-5H3,(H2,16,17). The van der Waals surface area contributed by atoms with E-state index in [2.05, 4.69) is 15.1 Å².